The summed E-state index contributed by atoms with van der Waals surface area (Å²) in [7, 11) is 0. The van der Waals surface area contributed by atoms with Crippen LogP contribution < -0.4 is 15.2 Å². The van der Waals surface area contributed by atoms with Gasteiger partial charge in [0.05, 0.1) is 24.6 Å². The largest absolute Gasteiger partial charge is 0.454 e. The summed E-state index contributed by atoms with van der Waals surface area (Å²) >= 11 is 0. The summed E-state index contributed by atoms with van der Waals surface area (Å²) in [5.41, 5.74) is 8.36. The van der Waals surface area contributed by atoms with Crippen molar-refractivity contribution in [3.8, 4) is 11.5 Å². The molecule has 1 aromatic heterocycles. The smallest absolute Gasteiger partial charge is 0.231 e. The molecular weight excluding hydrogens is 256 g/mol. The molecule has 0 saturated heterocycles. The summed E-state index contributed by atoms with van der Waals surface area (Å²) in [6, 6.07) is 11.6. The van der Waals surface area contributed by atoms with E-state index in [4.69, 9.17) is 19.9 Å². The van der Waals surface area contributed by atoms with E-state index in [1.807, 2.05) is 36.4 Å². The zero-order chi connectivity index (χ0) is 13.8. The average Bonchev–Trinajstić information content (AvgIpc) is 2.95. The number of fused-ring (bicyclic) bond motifs is 1. The summed E-state index contributed by atoms with van der Waals surface area (Å²) in [6.45, 7) is 1.69. The van der Waals surface area contributed by atoms with Gasteiger partial charge in [0.2, 0.25) is 6.79 Å². The van der Waals surface area contributed by atoms with Gasteiger partial charge in [-0.15, -0.1) is 0 Å². The van der Waals surface area contributed by atoms with Crippen molar-refractivity contribution in [2.75, 3.05) is 6.79 Å². The fourth-order valence-corrected chi connectivity index (χ4v) is 2.03. The molecule has 20 heavy (non-hydrogen) atoms. The number of nitrogens with zero attached hydrogens (tertiary/aromatic N) is 1. The van der Waals surface area contributed by atoms with E-state index in [0.717, 1.165) is 28.5 Å². The number of benzene rings is 1. The van der Waals surface area contributed by atoms with Crippen molar-refractivity contribution in [2.24, 2.45) is 5.73 Å². The molecule has 2 N–H and O–H groups in total. The SMILES string of the molecule is NCc1cccc(COCc2ccc3c(c2)OCO3)n1. The molecule has 2 heterocycles. The lowest BCUT2D eigenvalue weighted by Gasteiger charge is -2.06. The Morgan fingerprint density at radius 2 is 1.90 bits per heavy atom. The molecule has 0 saturated carbocycles. The molecule has 0 unspecified atom stereocenters. The Balaban J connectivity index is 1.57. The molecule has 0 amide bonds. The van der Waals surface area contributed by atoms with Gasteiger partial charge in [0.15, 0.2) is 11.5 Å². The van der Waals surface area contributed by atoms with Crippen LogP contribution in [-0.2, 0) is 24.5 Å². The first kappa shape index (κ1) is 12.9. The van der Waals surface area contributed by atoms with Gasteiger partial charge < -0.3 is 19.9 Å². The third-order valence-electron chi connectivity index (χ3n) is 3.03. The fraction of sp³-hybridized carbons (Fsp3) is 0.267. The monoisotopic (exact) mass is 272 g/mol. The van der Waals surface area contributed by atoms with Crippen molar-refractivity contribution in [3.63, 3.8) is 0 Å². The molecule has 0 fully saturated rings. The standard InChI is InChI=1S/C15H16N2O3/c16-7-12-2-1-3-13(17-12)9-18-8-11-4-5-14-15(6-11)20-10-19-14/h1-6H,7-10,16H2. The number of hydrogen-bond acceptors (Lipinski definition) is 5. The molecule has 3 rings (SSSR count). The number of rotatable bonds is 5. The molecule has 1 aliphatic heterocycles. The molecule has 1 aromatic carbocycles. The zero-order valence-corrected chi connectivity index (χ0v) is 11.0. The van der Waals surface area contributed by atoms with E-state index < -0.39 is 0 Å². The normalized spacial score (nSPS) is 12.7. The molecule has 5 nitrogen and oxygen atoms in total. The van der Waals surface area contributed by atoms with Crippen molar-refractivity contribution < 1.29 is 14.2 Å². The van der Waals surface area contributed by atoms with Crippen LogP contribution in [0.5, 0.6) is 11.5 Å². The Kier molecular flexibility index (Phi) is 3.80. The van der Waals surface area contributed by atoms with Crippen LogP contribution in [0.3, 0.4) is 0 Å². The highest BCUT2D eigenvalue weighted by atomic mass is 16.7. The van der Waals surface area contributed by atoms with E-state index in [1.165, 1.54) is 0 Å². The minimum Gasteiger partial charge on any atom is -0.454 e. The first-order chi connectivity index (χ1) is 9.85. The topological polar surface area (TPSA) is 66.6 Å². The summed E-state index contributed by atoms with van der Waals surface area (Å²) in [6.07, 6.45) is 0. The van der Waals surface area contributed by atoms with E-state index in [2.05, 4.69) is 4.98 Å². The quantitative estimate of drug-likeness (QED) is 0.901. The summed E-state index contributed by atoms with van der Waals surface area (Å²) in [4.78, 5) is 4.39. The highest BCUT2D eigenvalue weighted by Crippen LogP contribution is 2.32. The lowest BCUT2D eigenvalue weighted by molar-refractivity contribution is 0.104. The second kappa shape index (κ2) is 5.90. The van der Waals surface area contributed by atoms with Crippen LogP contribution in [0.2, 0.25) is 0 Å². The van der Waals surface area contributed by atoms with Crippen molar-refractivity contribution in [3.05, 3.63) is 53.3 Å². The second-order valence-electron chi connectivity index (χ2n) is 4.50. The number of nitrogens with two attached hydrogens (primary N) is 1. The van der Waals surface area contributed by atoms with Crippen LogP contribution in [0.15, 0.2) is 36.4 Å². The van der Waals surface area contributed by atoms with Crippen LogP contribution in [-0.4, -0.2) is 11.8 Å². The number of ether oxygens (including phenoxy) is 3. The van der Waals surface area contributed by atoms with Gasteiger partial charge in [0.25, 0.3) is 0 Å². The number of hydrogen-bond donors (Lipinski definition) is 1. The maximum Gasteiger partial charge on any atom is 0.231 e. The maximum atomic E-state index is 5.67. The molecule has 0 bridgehead atoms. The summed E-state index contributed by atoms with van der Waals surface area (Å²) < 4.78 is 16.3. The van der Waals surface area contributed by atoms with Gasteiger partial charge in [-0.2, -0.15) is 0 Å². The molecule has 0 spiro atoms. The number of pyridine rings is 1. The lowest BCUT2D eigenvalue weighted by atomic mass is 10.2. The molecule has 0 aliphatic carbocycles. The lowest BCUT2D eigenvalue weighted by Crippen LogP contribution is -2.03. The van der Waals surface area contributed by atoms with Crippen LogP contribution in [0, 0.1) is 0 Å². The molecule has 5 heteroatoms. The molecule has 0 radical (unpaired) electrons. The van der Waals surface area contributed by atoms with E-state index in [1.54, 1.807) is 0 Å². The highest BCUT2D eigenvalue weighted by Gasteiger charge is 2.13. The number of aromatic nitrogens is 1. The fourth-order valence-electron chi connectivity index (χ4n) is 2.03. The van der Waals surface area contributed by atoms with Gasteiger partial charge in [-0.1, -0.05) is 12.1 Å². The molecule has 2 aromatic rings. The molecule has 1 aliphatic rings. The van der Waals surface area contributed by atoms with Crippen LogP contribution in [0.25, 0.3) is 0 Å². The Morgan fingerprint density at radius 3 is 2.80 bits per heavy atom. The van der Waals surface area contributed by atoms with Crippen molar-refractivity contribution in [1.82, 2.24) is 4.98 Å². The van der Waals surface area contributed by atoms with Gasteiger partial charge in [0, 0.05) is 6.54 Å². The first-order valence-corrected chi connectivity index (χ1v) is 6.46. The Morgan fingerprint density at radius 1 is 1.05 bits per heavy atom. The van der Waals surface area contributed by atoms with Gasteiger partial charge in [-0.05, 0) is 29.8 Å². The van der Waals surface area contributed by atoms with Gasteiger partial charge in [-0.3, -0.25) is 4.98 Å². The van der Waals surface area contributed by atoms with Crippen LogP contribution in [0.1, 0.15) is 17.0 Å². The Hall–Kier alpha value is -2.11. The predicted octanol–water partition coefficient (Wildman–Crippen LogP) is 1.99. The van der Waals surface area contributed by atoms with Crippen molar-refractivity contribution >= 4 is 0 Å². The third-order valence-corrected chi connectivity index (χ3v) is 3.03. The van der Waals surface area contributed by atoms with Gasteiger partial charge in [-0.25, -0.2) is 0 Å². The third kappa shape index (κ3) is 2.89. The van der Waals surface area contributed by atoms with Gasteiger partial charge in [0.1, 0.15) is 0 Å². The minimum atomic E-state index is 0.287. The summed E-state index contributed by atoms with van der Waals surface area (Å²) in [5.74, 6) is 1.56. The van der Waals surface area contributed by atoms with Crippen molar-refractivity contribution in [2.45, 2.75) is 19.8 Å². The van der Waals surface area contributed by atoms with Crippen molar-refractivity contribution in [1.29, 1.82) is 0 Å². The molecule has 0 atom stereocenters. The summed E-state index contributed by atoms with van der Waals surface area (Å²) in [5, 5.41) is 0. The highest BCUT2D eigenvalue weighted by molar-refractivity contribution is 5.44. The zero-order valence-electron chi connectivity index (χ0n) is 11.0. The Labute approximate surface area is 117 Å². The predicted molar refractivity (Wildman–Crippen MR) is 73.2 cm³/mol. The Bertz CT molecular complexity index is 601. The molecular formula is C15H16N2O3. The van der Waals surface area contributed by atoms with E-state index in [9.17, 15) is 0 Å². The molecule has 104 valence electrons. The van der Waals surface area contributed by atoms with Crippen LogP contribution in [0.4, 0.5) is 0 Å². The van der Waals surface area contributed by atoms with E-state index in [0.29, 0.717) is 19.8 Å². The average molecular weight is 272 g/mol. The first-order valence-electron chi connectivity index (χ1n) is 6.46. The second-order valence-corrected chi connectivity index (χ2v) is 4.50. The minimum absolute atomic E-state index is 0.287. The van der Waals surface area contributed by atoms with E-state index in [-0.39, 0.29) is 6.79 Å². The van der Waals surface area contributed by atoms with Gasteiger partial charge >= 0.3 is 0 Å². The van der Waals surface area contributed by atoms with E-state index >= 15 is 0 Å². The van der Waals surface area contributed by atoms with Crippen LogP contribution >= 0.6 is 0 Å². The maximum absolute atomic E-state index is 5.67.